The Morgan fingerprint density at radius 3 is 2.52 bits per heavy atom. The molecule has 5 heteroatoms. The van der Waals surface area contributed by atoms with E-state index in [4.69, 9.17) is 0 Å². The van der Waals surface area contributed by atoms with Crippen LogP contribution in [0, 0.1) is 0 Å². The van der Waals surface area contributed by atoms with Gasteiger partial charge in [0.1, 0.15) is 0 Å². The number of para-hydroxylation sites is 1. The molecule has 0 atom stereocenters. The Kier molecular flexibility index (Phi) is 3.38. The summed E-state index contributed by atoms with van der Waals surface area (Å²) in [6, 6.07) is 17.9. The van der Waals surface area contributed by atoms with Gasteiger partial charge in [0.15, 0.2) is 5.69 Å². The summed E-state index contributed by atoms with van der Waals surface area (Å²) in [6.45, 7) is 1.35. The average molecular weight is 304 g/mol. The van der Waals surface area contributed by atoms with E-state index in [2.05, 4.69) is 22.3 Å². The Hall–Kier alpha value is -2.95. The van der Waals surface area contributed by atoms with E-state index in [-0.39, 0.29) is 5.91 Å². The predicted molar refractivity (Wildman–Crippen MR) is 86.2 cm³/mol. The van der Waals surface area contributed by atoms with Gasteiger partial charge in [-0.15, -0.1) is 5.10 Å². The highest BCUT2D eigenvalue weighted by atomic mass is 16.2. The van der Waals surface area contributed by atoms with Crippen molar-refractivity contribution >= 4 is 5.91 Å². The van der Waals surface area contributed by atoms with Gasteiger partial charge >= 0.3 is 0 Å². The molecule has 5 nitrogen and oxygen atoms in total. The maximum absolute atomic E-state index is 12.7. The van der Waals surface area contributed by atoms with Crippen LogP contribution in [0.4, 0.5) is 0 Å². The Labute approximate surface area is 134 Å². The highest BCUT2D eigenvalue weighted by molar-refractivity contribution is 5.92. The first-order chi connectivity index (χ1) is 11.3. The van der Waals surface area contributed by atoms with Crippen molar-refractivity contribution in [3.8, 4) is 5.69 Å². The third-order valence-corrected chi connectivity index (χ3v) is 4.12. The summed E-state index contributed by atoms with van der Waals surface area (Å²) < 4.78 is 0. The molecule has 0 saturated heterocycles. The van der Waals surface area contributed by atoms with Crippen molar-refractivity contribution in [2.24, 2.45) is 0 Å². The summed E-state index contributed by atoms with van der Waals surface area (Å²) in [4.78, 5) is 16.0. The minimum atomic E-state index is -0.0679. The summed E-state index contributed by atoms with van der Waals surface area (Å²) in [7, 11) is 0. The molecule has 0 N–H and O–H groups in total. The second-order valence-electron chi connectivity index (χ2n) is 5.60. The molecule has 1 aromatic heterocycles. The van der Waals surface area contributed by atoms with Gasteiger partial charge in [0.05, 0.1) is 11.9 Å². The summed E-state index contributed by atoms with van der Waals surface area (Å²) in [6.07, 6.45) is 2.42. The molecule has 2 aromatic carbocycles. The molecule has 0 fully saturated rings. The normalized spacial score (nSPS) is 13.7. The number of amides is 1. The smallest absolute Gasteiger partial charge is 0.276 e. The van der Waals surface area contributed by atoms with Crippen molar-refractivity contribution in [2.45, 2.75) is 13.0 Å². The topological polar surface area (TPSA) is 51.0 Å². The van der Waals surface area contributed by atoms with Crippen LogP contribution >= 0.6 is 0 Å². The highest BCUT2D eigenvalue weighted by Gasteiger charge is 2.23. The van der Waals surface area contributed by atoms with Crippen molar-refractivity contribution in [2.75, 3.05) is 6.54 Å². The molecule has 0 bridgehead atoms. The van der Waals surface area contributed by atoms with Crippen LogP contribution in [0.1, 0.15) is 21.6 Å². The fourth-order valence-corrected chi connectivity index (χ4v) is 2.88. The Morgan fingerprint density at radius 1 is 0.957 bits per heavy atom. The summed E-state index contributed by atoms with van der Waals surface area (Å²) in [5, 5.41) is 8.53. The number of benzene rings is 2. The van der Waals surface area contributed by atoms with Crippen LogP contribution in [-0.2, 0) is 13.0 Å². The molecule has 0 saturated carbocycles. The first-order valence-corrected chi connectivity index (χ1v) is 7.65. The van der Waals surface area contributed by atoms with E-state index in [1.807, 2.05) is 47.4 Å². The van der Waals surface area contributed by atoms with Gasteiger partial charge < -0.3 is 4.90 Å². The minimum absolute atomic E-state index is 0.0679. The average Bonchev–Trinajstić information content (AvgIpc) is 3.11. The highest BCUT2D eigenvalue weighted by Crippen LogP contribution is 2.19. The number of fused-ring (bicyclic) bond motifs is 1. The van der Waals surface area contributed by atoms with Gasteiger partial charge in [0, 0.05) is 13.1 Å². The second-order valence-corrected chi connectivity index (χ2v) is 5.60. The zero-order valence-corrected chi connectivity index (χ0v) is 12.6. The van der Waals surface area contributed by atoms with Gasteiger partial charge in [-0.3, -0.25) is 4.79 Å². The maximum Gasteiger partial charge on any atom is 0.276 e. The monoisotopic (exact) mass is 304 g/mol. The van der Waals surface area contributed by atoms with Crippen molar-refractivity contribution in [1.82, 2.24) is 19.9 Å². The van der Waals surface area contributed by atoms with Gasteiger partial charge in [-0.05, 0) is 29.7 Å². The molecule has 114 valence electrons. The number of aromatic nitrogens is 3. The van der Waals surface area contributed by atoms with E-state index >= 15 is 0 Å². The van der Waals surface area contributed by atoms with Crippen molar-refractivity contribution in [3.63, 3.8) is 0 Å². The van der Waals surface area contributed by atoms with Crippen molar-refractivity contribution in [1.29, 1.82) is 0 Å². The van der Waals surface area contributed by atoms with E-state index in [1.54, 1.807) is 0 Å². The van der Waals surface area contributed by atoms with Crippen LogP contribution in [0.15, 0.2) is 60.8 Å². The lowest BCUT2D eigenvalue weighted by Gasteiger charge is -2.28. The number of carbonyl (C=O) groups excluding carboxylic acids is 1. The number of rotatable bonds is 2. The molecular weight excluding hydrogens is 288 g/mol. The first kappa shape index (κ1) is 13.7. The SMILES string of the molecule is O=C(c1cnn(-c2ccccc2)n1)N1CCc2ccccc2C1. The fourth-order valence-electron chi connectivity index (χ4n) is 2.88. The molecule has 0 unspecified atom stereocenters. The second kappa shape index (κ2) is 5.68. The predicted octanol–water partition coefficient (Wildman–Crippen LogP) is 2.47. The molecule has 1 amide bonds. The number of hydrogen-bond acceptors (Lipinski definition) is 3. The van der Waals surface area contributed by atoms with Crippen molar-refractivity contribution < 1.29 is 4.79 Å². The van der Waals surface area contributed by atoms with Crippen molar-refractivity contribution in [3.05, 3.63) is 77.6 Å². The summed E-state index contributed by atoms with van der Waals surface area (Å²) >= 11 is 0. The molecule has 0 aliphatic carbocycles. The number of nitrogens with zero attached hydrogens (tertiary/aromatic N) is 4. The molecule has 4 rings (SSSR count). The zero-order chi connectivity index (χ0) is 15.6. The third-order valence-electron chi connectivity index (χ3n) is 4.12. The zero-order valence-electron chi connectivity index (χ0n) is 12.6. The minimum Gasteiger partial charge on any atom is -0.333 e. The van der Waals surface area contributed by atoms with Crippen LogP contribution in [0.3, 0.4) is 0 Å². The number of hydrogen-bond donors (Lipinski definition) is 0. The van der Waals surface area contributed by atoms with Crippen LogP contribution in [0.5, 0.6) is 0 Å². The van der Waals surface area contributed by atoms with E-state index in [9.17, 15) is 4.79 Å². The standard InChI is InChI=1S/C18H16N4O/c23-18(21-11-10-14-6-4-5-7-15(14)13-21)17-12-19-22(20-17)16-8-2-1-3-9-16/h1-9,12H,10-11,13H2. The summed E-state index contributed by atoms with van der Waals surface area (Å²) in [5.41, 5.74) is 3.76. The molecule has 0 spiro atoms. The van der Waals surface area contributed by atoms with Gasteiger partial charge in [-0.1, -0.05) is 42.5 Å². The van der Waals surface area contributed by atoms with Gasteiger partial charge in [-0.2, -0.15) is 9.90 Å². The largest absolute Gasteiger partial charge is 0.333 e. The molecule has 3 aromatic rings. The number of carbonyl (C=O) groups is 1. The summed E-state index contributed by atoms with van der Waals surface area (Å²) in [5.74, 6) is -0.0679. The quantitative estimate of drug-likeness (QED) is 0.731. The Balaban J connectivity index is 1.55. The molecule has 1 aliphatic heterocycles. The van der Waals surface area contributed by atoms with Gasteiger partial charge in [0.2, 0.25) is 0 Å². The fraction of sp³-hybridized carbons (Fsp3) is 0.167. The van der Waals surface area contributed by atoms with E-state index < -0.39 is 0 Å². The molecule has 23 heavy (non-hydrogen) atoms. The molecule has 0 radical (unpaired) electrons. The van der Waals surface area contributed by atoms with E-state index in [0.717, 1.165) is 12.1 Å². The lowest BCUT2D eigenvalue weighted by Crippen LogP contribution is -2.36. The van der Waals surface area contributed by atoms with Gasteiger partial charge in [0.25, 0.3) is 5.91 Å². The Bertz CT molecular complexity index is 841. The molecule has 1 aliphatic rings. The van der Waals surface area contributed by atoms with E-state index in [0.29, 0.717) is 18.8 Å². The van der Waals surface area contributed by atoms with Crippen LogP contribution in [0.25, 0.3) is 5.69 Å². The lowest BCUT2D eigenvalue weighted by molar-refractivity contribution is 0.0728. The van der Waals surface area contributed by atoms with Gasteiger partial charge in [-0.25, -0.2) is 0 Å². The van der Waals surface area contributed by atoms with Crippen LogP contribution in [-0.4, -0.2) is 32.3 Å². The first-order valence-electron chi connectivity index (χ1n) is 7.65. The van der Waals surface area contributed by atoms with Crippen LogP contribution in [0.2, 0.25) is 0 Å². The third kappa shape index (κ3) is 2.61. The Morgan fingerprint density at radius 2 is 1.70 bits per heavy atom. The molecule has 2 heterocycles. The van der Waals surface area contributed by atoms with E-state index in [1.165, 1.54) is 22.1 Å². The molecular formula is C18H16N4O. The maximum atomic E-state index is 12.7. The lowest BCUT2D eigenvalue weighted by atomic mass is 10.00. The van der Waals surface area contributed by atoms with Crippen LogP contribution < -0.4 is 0 Å².